The molecular weight excluding hydrogens is 266 g/mol. The third kappa shape index (κ3) is 2.97. The highest BCUT2D eigenvalue weighted by Crippen LogP contribution is 2.16. The monoisotopic (exact) mass is 279 g/mol. The Morgan fingerprint density at radius 1 is 1.19 bits per heavy atom. The van der Waals surface area contributed by atoms with Gasteiger partial charge in [-0.15, -0.1) is 0 Å². The molecule has 0 unspecified atom stereocenters. The molecule has 0 spiro atoms. The van der Waals surface area contributed by atoms with Crippen LogP contribution in [0.1, 0.15) is 16.7 Å². The van der Waals surface area contributed by atoms with E-state index in [9.17, 15) is 0 Å². The molecule has 0 aliphatic carbocycles. The van der Waals surface area contributed by atoms with Gasteiger partial charge < -0.3 is 9.73 Å². The van der Waals surface area contributed by atoms with E-state index >= 15 is 0 Å². The summed E-state index contributed by atoms with van der Waals surface area (Å²) in [4.78, 5) is 0. The maximum absolute atomic E-state index is 5.01. The highest BCUT2D eigenvalue weighted by Gasteiger charge is 1.98. The van der Waals surface area contributed by atoms with Crippen LogP contribution in [0.4, 0.5) is 0 Å². The van der Waals surface area contributed by atoms with Crippen LogP contribution in [-0.4, -0.2) is 0 Å². The van der Waals surface area contributed by atoms with E-state index in [4.69, 9.17) is 4.42 Å². The van der Waals surface area contributed by atoms with Crippen LogP contribution in [0.3, 0.4) is 0 Å². The van der Waals surface area contributed by atoms with E-state index in [0.29, 0.717) is 0 Å². The van der Waals surface area contributed by atoms with Crippen LogP contribution < -0.4 is 5.32 Å². The van der Waals surface area contributed by atoms with E-state index in [1.807, 2.05) is 6.07 Å². The van der Waals surface area contributed by atoms with Gasteiger partial charge in [0.1, 0.15) is 0 Å². The molecule has 2 aromatic rings. The van der Waals surface area contributed by atoms with E-state index in [0.717, 1.165) is 17.6 Å². The van der Waals surface area contributed by atoms with Crippen LogP contribution in [0.25, 0.3) is 0 Å². The van der Waals surface area contributed by atoms with Gasteiger partial charge in [-0.05, 0) is 30.2 Å². The number of hydrogen-bond acceptors (Lipinski definition) is 2. The second kappa shape index (κ2) is 5.32. The molecule has 0 amide bonds. The SMILES string of the molecule is Cc1cc(CNCc2ccoc2)ccc1Br. The number of benzene rings is 1. The second-order valence-corrected chi connectivity index (χ2v) is 4.67. The number of aryl methyl sites for hydroxylation is 1. The van der Waals surface area contributed by atoms with Crippen LogP contribution in [-0.2, 0) is 13.1 Å². The first-order chi connectivity index (χ1) is 7.75. The largest absolute Gasteiger partial charge is 0.472 e. The van der Waals surface area contributed by atoms with Crippen molar-refractivity contribution in [2.45, 2.75) is 20.0 Å². The van der Waals surface area contributed by atoms with E-state index < -0.39 is 0 Å². The van der Waals surface area contributed by atoms with Crippen molar-refractivity contribution in [3.8, 4) is 0 Å². The summed E-state index contributed by atoms with van der Waals surface area (Å²) in [6.07, 6.45) is 3.46. The summed E-state index contributed by atoms with van der Waals surface area (Å²) >= 11 is 3.50. The van der Waals surface area contributed by atoms with Gasteiger partial charge in [-0.2, -0.15) is 0 Å². The van der Waals surface area contributed by atoms with Crippen molar-refractivity contribution >= 4 is 15.9 Å². The lowest BCUT2D eigenvalue weighted by molar-refractivity contribution is 0.560. The van der Waals surface area contributed by atoms with Crippen LogP contribution in [0.2, 0.25) is 0 Å². The maximum Gasteiger partial charge on any atom is 0.0947 e. The van der Waals surface area contributed by atoms with Crippen molar-refractivity contribution < 1.29 is 4.42 Å². The van der Waals surface area contributed by atoms with Gasteiger partial charge >= 0.3 is 0 Å². The first kappa shape index (κ1) is 11.4. The summed E-state index contributed by atoms with van der Waals surface area (Å²) in [5.74, 6) is 0. The standard InChI is InChI=1S/C13H14BrNO/c1-10-6-11(2-3-13(10)14)7-15-8-12-4-5-16-9-12/h2-6,9,15H,7-8H2,1H3. The third-order valence-electron chi connectivity index (χ3n) is 2.46. The van der Waals surface area contributed by atoms with Crippen molar-refractivity contribution in [3.63, 3.8) is 0 Å². The summed E-state index contributed by atoms with van der Waals surface area (Å²) < 4.78 is 6.16. The van der Waals surface area contributed by atoms with E-state index in [-0.39, 0.29) is 0 Å². The van der Waals surface area contributed by atoms with Crippen molar-refractivity contribution in [2.24, 2.45) is 0 Å². The predicted octanol–water partition coefficient (Wildman–Crippen LogP) is 3.64. The molecule has 16 heavy (non-hydrogen) atoms. The normalized spacial score (nSPS) is 10.6. The quantitative estimate of drug-likeness (QED) is 0.925. The molecule has 0 atom stereocenters. The Bertz CT molecular complexity index is 451. The van der Waals surface area contributed by atoms with Crippen molar-refractivity contribution in [1.29, 1.82) is 0 Å². The lowest BCUT2D eigenvalue weighted by Crippen LogP contribution is -2.12. The molecule has 0 aliphatic rings. The molecule has 1 aromatic heterocycles. The molecule has 84 valence electrons. The van der Waals surface area contributed by atoms with Crippen molar-refractivity contribution in [1.82, 2.24) is 5.32 Å². The Morgan fingerprint density at radius 2 is 2.00 bits per heavy atom. The second-order valence-electron chi connectivity index (χ2n) is 3.82. The highest BCUT2D eigenvalue weighted by atomic mass is 79.9. The van der Waals surface area contributed by atoms with Gasteiger partial charge in [0.2, 0.25) is 0 Å². The first-order valence-corrected chi connectivity index (χ1v) is 6.02. The Labute approximate surface area is 104 Å². The fraction of sp³-hybridized carbons (Fsp3) is 0.231. The van der Waals surface area contributed by atoms with Gasteiger partial charge in [-0.3, -0.25) is 0 Å². The summed E-state index contributed by atoms with van der Waals surface area (Å²) in [7, 11) is 0. The van der Waals surface area contributed by atoms with E-state index in [1.54, 1.807) is 12.5 Å². The van der Waals surface area contributed by atoms with Gasteiger partial charge in [0.25, 0.3) is 0 Å². The van der Waals surface area contributed by atoms with Crippen LogP contribution in [0, 0.1) is 6.92 Å². The molecule has 1 N–H and O–H groups in total. The molecule has 0 fully saturated rings. The molecule has 2 nitrogen and oxygen atoms in total. The summed E-state index contributed by atoms with van der Waals surface area (Å²) in [5.41, 5.74) is 3.74. The fourth-order valence-corrected chi connectivity index (χ4v) is 1.81. The first-order valence-electron chi connectivity index (χ1n) is 5.22. The highest BCUT2D eigenvalue weighted by molar-refractivity contribution is 9.10. The molecule has 2 rings (SSSR count). The lowest BCUT2D eigenvalue weighted by Gasteiger charge is -2.05. The number of nitrogens with one attached hydrogen (secondary N) is 1. The van der Waals surface area contributed by atoms with Crippen molar-refractivity contribution in [3.05, 3.63) is 58.0 Å². The Morgan fingerprint density at radius 3 is 2.69 bits per heavy atom. The molecule has 1 heterocycles. The zero-order chi connectivity index (χ0) is 11.4. The molecule has 0 saturated carbocycles. The average Bonchev–Trinajstić information content (AvgIpc) is 2.76. The zero-order valence-corrected chi connectivity index (χ0v) is 10.8. The van der Waals surface area contributed by atoms with Crippen LogP contribution in [0.5, 0.6) is 0 Å². The van der Waals surface area contributed by atoms with Crippen molar-refractivity contribution in [2.75, 3.05) is 0 Å². The third-order valence-corrected chi connectivity index (χ3v) is 3.35. The topological polar surface area (TPSA) is 25.2 Å². The van der Waals surface area contributed by atoms with Gasteiger partial charge in [0, 0.05) is 23.1 Å². The molecule has 0 saturated heterocycles. The summed E-state index contributed by atoms with van der Waals surface area (Å²) in [6.45, 7) is 3.81. The molecule has 0 radical (unpaired) electrons. The number of halogens is 1. The minimum atomic E-state index is 0.839. The van der Waals surface area contributed by atoms with Gasteiger partial charge in [-0.1, -0.05) is 28.1 Å². The minimum absolute atomic E-state index is 0.839. The number of furan rings is 1. The van der Waals surface area contributed by atoms with Gasteiger partial charge in [0.05, 0.1) is 12.5 Å². The Hall–Kier alpha value is -1.06. The molecule has 0 aliphatic heterocycles. The van der Waals surface area contributed by atoms with E-state index in [2.05, 4.69) is 46.4 Å². The average molecular weight is 280 g/mol. The Balaban J connectivity index is 1.87. The molecule has 1 aromatic carbocycles. The van der Waals surface area contributed by atoms with Gasteiger partial charge in [0.15, 0.2) is 0 Å². The van der Waals surface area contributed by atoms with Crippen LogP contribution >= 0.6 is 15.9 Å². The number of hydrogen-bond donors (Lipinski definition) is 1. The predicted molar refractivity (Wildman–Crippen MR) is 68.1 cm³/mol. The molecular formula is C13H14BrNO. The molecule has 0 bridgehead atoms. The Kier molecular flexibility index (Phi) is 3.80. The number of rotatable bonds is 4. The van der Waals surface area contributed by atoms with Crippen LogP contribution in [0.15, 0.2) is 45.7 Å². The fourth-order valence-electron chi connectivity index (χ4n) is 1.56. The molecule has 3 heteroatoms. The van der Waals surface area contributed by atoms with E-state index in [1.165, 1.54) is 16.7 Å². The maximum atomic E-state index is 5.01. The zero-order valence-electron chi connectivity index (χ0n) is 9.16. The van der Waals surface area contributed by atoms with Gasteiger partial charge in [-0.25, -0.2) is 0 Å². The summed E-state index contributed by atoms with van der Waals surface area (Å²) in [5, 5.41) is 3.38. The lowest BCUT2D eigenvalue weighted by atomic mass is 10.1. The summed E-state index contributed by atoms with van der Waals surface area (Å²) in [6, 6.07) is 8.37. The minimum Gasteiger partial charge on any atom is -0.472 e. The smallest absolute Gasteiger partial charge is 0.0947 e.